The van der Waals surface area contributed by atoms with Crippen molar-refractivity contribution in [2.24, 2.45) is 10.2 Å². The second kappa shape index (κ2) is 6.56. The van der Waals surface area contributed by atoms with Crippen molar-refractivity contribution in [3.05, 3.63) is 83.6 Å². The molecule has 0 spiro atoms. The molecule has 0 aliphatic heterocycles. The predicted octanol–water partition coefficient (Wildman–Crippen LogP) is 6.34. The number of nitrogens with zero attached hydrogens (tertiary/aromatic N) is 4. The molecule has 2 aromatic heterocycles. The van der Waals surface area contributed by atoms with Crippen LogP contribution in [0.15, 0.2) is 77.1 Å². The molecule has 0 aliphatic carbocycles. The van der Waals surface area contributed by atoms with Crippen LogP contribution in [0.1, 0.15) is 16.7 Å². The van der Waals surface area contributed by atoms with Gasteiger partial charge in [-0.25, -0.2) is 4.98 Å². The number of azo groups is 1. The van der Waals surface area contributed by atoms with E-state index in [0.29, 0.717) is 0 Å². The second-order valence-electron chi connectivity index (χ2n) is 6.57. The molecule has 0 aliphatic rings. The molecule has 2 heterocycles. The van der Waals surface area contributed by atoms with E-state index in [1.165, 1.54) is 11.1 Å². The third kappa shape index (κ3) is 3.02. The van der Waals surface area contributed by atoms with E-state index in [9.17, 15) is 0 Å². The van der Waals surface area contributed by atoms with Gasteiger partial charge in [0.1, 0.15) is 11.3 Å². The molecule has 4 heteroatoms. The highest BCUT2D eigenvalue weighted by Crippen LogP contribution is 2.33. The summed E-state index contributed by atoms with van der Waals surface area (Å²) in [5, 5.41) is 9.12. The highest BCUT2D eigenvalue weighted by molar-refractivity contribution is 5.74. The molecule has 0 amide bonds. The lowest BCUT2D eigenvalue weighted by atomic mass is 10.1. The van der Waals surface area contributed by atoms with Crippen LogP contribution >= 0.6 is 0 Å². The molecule has 4 rings (SSSR count). The van der Waals surface area contributed by atoms with Crippen LogP contribution in [0, 0.1) is 20.8 Å². The number of aryl methyl sites for hydroxylation is 3. The van der Waals surface area contributed by atoms with E-state index < -0.39 is 0 Å². The van der Waals surface area contributed by atoms with E-state index in [0.717, 1.165) is 34.0 Å². The Kier molecular flexibility index (Phi) is 4.09. The van der Waals surface area contributed by atoms with Crippen LogP contribution in [-0.2, 0) is 0 Å². The number of imidazole rings is 1. The molecule has 0 atom stereocenters. The third-order valence-electron chi connectivity index (χ3n) is 4.45. The van der Waals surface area contributed by atoms with Gasteiger partial charge in [-0.3, -0.25) is 4.40 Å². The zero-order valence-electron chi connectivity index (χ0n) is 15.1. The molecule has 0 unspecified atom stereocenters. The van der Waals surface area contributed by atoms with Gasteiger partial charge in [0.2, 0.25) is 0 Å². The summed E-state index contributed by atoms with van der Waals surface area (Å²) in [4.78, 5) is 4.77. The molecule has 2 aromatic carbocycles. The zero-order valence-corrected chi connectivity index (χ0v) is 15.1. The molecule has 4 nitrogen and oxygen atoms in total. The largest absolute Gasteiger partial charge is 0.283 e. The lowest BCUT2D eigenvalue weighted by molar-refractivity contribution is 1.10. The minimum absolute atomic E-state index is 0.741. The first kappa shape index (κ1) is 16.2. The molecule has 128 valence electrons. The summed E-state index contributed by atoms with van der Waals surface area (Å²) in [6, 6.07) is 20.5. The zero-order chi connectivity index (χ0) is 18.1. The maximum atomic E-state index is 4.77. The lowest BCUT2D eigenvalue weighted by Gasteiger charge is -2.02. The van der Waals surface area contributed by atoms with Crippen molar-refractivity contribution in [3.63, 3.8) is 0 Å². The van der Waals surface area contributed by atoms with Gasteiger partial charge in [0.25, 0.3) is 0 Å². The number of benzene rings is 2. The van der Waals surface area contributed by atoms with Gasteiger partial charge < -0.3 is 0 Å². The van der Waals surface area contributed by atoms with E-state index in [1.807, 2.05) is 41.8 Å². The van der Waals surface area contributed by atoms with Crippen LogP contribution < -0.4 is 0 Å². The number of pyridine rings is 1. The van der Waals surface area contributed by atoms with Crippen molar-refractivity contribution in [2.45, 2.75) is 20.8 Å². The van der Waals surface area contributed by atoms with Crippen LogP contribution in [0.25, 0.3) is 16.9 Å². The SMILES string of the molecule is Cc1ccc(-c2nc3ccccn3c2N=Nc2cc(C)ccc2C)cc1. The van der Waals surface area contributed by atoms with Crippen molar-refractivity contribution in [1.29, 1.82) is 0 Å². The minimum Gasteiger partial charge on any atom is -0.283 e. The average molecular weight is 340 g/mol. The van der Waals surface area contributed by atoms with Crippen molar-refractivity contribution in [3.8, 4) is 11.3 Å². The fourth-order valence-electron chi connectivity index (χ4n) is 2.91. The summed E-state index contributed by atoms with van der Waals surface area (Å²) >= 11 is 0. The fourth-order valence-corrected chi connectivity index (χ4v) is 2.91. The first-order valence-corrected chi connectivity index (χ1v) is 8.65. The number of rotatable bonds is 3. The number of hydrogen-bond acceptors (Lipinski definition) is 3. The monoisotopic (exact) mass is 340 g/mol. The molecule has 0 N–H and O–H groups in total. The first-order chi connectivity index (χ1) is 12.6. The Morgan fingerprint density at radius 1 is 0.808 bits per heavy atom. The fraction of sp³-hybridized carbons (Fsp3) is 0.136. The van der Waals surface area contributed by atoms with Gasteiger partial charge in [0, 0.05) is 11.8 Å². The molecule has 0 radical (unpaired) electrons. The quantitative estimate of drug-likeness (QED) is 0.401. The van der Waals surface area contributed by atoms with Crippen LogP contribution in [0.4, 0.5) is 11.5 Å². The van der Waals surface area contributed by atoms with E-state index in [1.54, 1.807) is 0 Å². The van der Waals surface area contributed by atoms with Gasteiger partial charge in [0.05, 0.1) is 5.69 Å². The topological polar surface area (TPSA) is 42.0 Å². The van der Waals surface area contributed by atoms with E-state index in [4.69, 9.17) is 4.98 Å². The maximum absolute atomic E-state index is 4.77. The highest BCUT2D eigenvalue weighted by Gasteiger charge is 2.13. The molecule has 0 saturated heterocycles. The van der Waals surface area contributed by atoms with Crippen LogP contribution in [0.3, 0.4) is 0 Å². The highest BCUT2D eigenvalue weighted by atomic mass is 15.2. The van der Waals surface area contributed by atoms with Crippen molar-refractivity contribution in [1.82, 2.24) is 9.38 Å². The van der Waals surface area contributed by atoms with E-state index in [2.05, 4.69) is 60.5 Å². The summed E-state index contributed by atoms with van der Waals surface area (Å²) in [5.74, 6) is 0.741. The third-order valence-corrected chi connectivity index (χ3v) is 4.45. The summed E-state index contributed by atoms with van der Waals surface area (Å²) in [7, 11) is 0. The Morgan fingerprint density at radius 3 is 2.38 bits per heavy atom. The van der Waals surface area contributed by atoms with Gasteiger partial charge in [0.15, 0.2) is 5.82 Å². The first-order valence-electron chi connectivity index (χ1n) is 8.65. The maximum Gasteiger partial charge on any atom is 0.187 e. The number of hydrogen-bond donors (Lipinski definition) is 0. The van der Waals surface area contributed by atoms with E-state index >= 15 is 0 Å². The van der Waals surface area contributed by atoms with Gasteiger partial charge >= 0.3 is 0 Å². The lowest BCUT2D eigenvalue weighted by Crippen LogP contribution is -1.82. The number of aromatic nitrogens is 2. The Labute approximate surface area is 152 Å². The van der Waals surface area contributed by atoms with Gasteiger partial charge in [-0.05, 0) is 50.1 Å². The minimum atomic E-state index is 0.741. The summed E-state index contributed by atoms with van der Waals surface area (Å²) in [6.45, 7) is 6.18. The van der Waals surface area contributed by atoms with Crippen LogP contribution in [0.5, 0.6) is 0 Å². The predicted molar refractivity (Wildman–Crippen MR) is 105 cm³/mol. The van der Waals surface area contributed by atoms with Gasteiger partial charge in [-0.1, -0.05) is 48.0 Å². The Balaban J connectivity index is 1.87. The standard InChI is InChI=1S/C22H20N4/c1-15-8-11-18(12-9-15)21-22(26-13-5-4-6-20(26)23-21)25-24-19-14-16(2)7-10-17(19)3/h4-14H,1-3H3. The van der Waals surface area contributed by atoms with Crippen molar-refractivity contribution < 1.29 is 0 Å². The molecule has 0 fully saturated rings. The van der Waals surface area contributed by atoms with Crippen LogP contribution in [0.2, 0.25) is 0 Å². The molecular formula is C22H20N4. The van der Waals surface area contributed by atoms with Gasteiger partial charge in [-0.2, -0.15) is 0 Å². The van der Waals surface area contributed by atoms with Gasteiger partial charge in [-0.15, -0.1) is 10.2 Å². The Bertz CT molecular complexity index is 1100. The Hall–Kier alpha value is -3.27. The molecule has 4 aromatic rings. The second-order valence-corrected chi connectivity index (χ2v) is 6.57. The van der Waals surface area contributed by atoms with Crippen LogP contribution in [-0.4, -0.2) is 9.38 Å². The van der Waals surface area contributed by atoms with Crippen molar-refractivity contribution in [2.75, 3.05) is 0 Å². The smallest absolute Gasteiger partial charge is 0.187 e. The molecular weight excluding hydrogens is 320 g/mol. The summed E-state index contributed by atoms with van der Waals surface area (Å²) < 4.78 is 1.98. The average Bonchev–Trinajstić information content (AvgIpc) is 3.02. The summed E-state index contributed by atoms with van der Waals surface area (Å²) in [6.07, 6.45) is 1.97. The Morgan fingerprint density at radius 2 is 1.58 bits per heavy atom. The van der Waals surface area contributed by atoms with E-state index in [-0.39, 0.29) is 0 Å². The van der Waals surface area contributed by atoms with Crippen molar-refractivity contribution >= 4 is 17.2 Å². The molecule has 0 saturated carbocycles. The normalized spacial score (nSPS) is 11.5. The number of fused-ring (bicyclic) bond motifs is 1. The summed E-state index contributed by atoms with van der Waals surface area (Å²) in [5.41, 5.74) is 7.10. The molecule has 26 heavy (non-hydrogen) atoms. The molecule has 0 bridgehead atoms.